The molecule has 4 heteroatoms. The molecule has 1 unspecified atom stereocenters. The SMILES string of the molecule is CC(N)C1CCN(Cc2ccc(F)cc2Cl)CC1. The average molecular weight is 271 g/mol. The minimum Gasteiger partial charge on any atom is -0.328 e. The van der Waals surface area contributed by atoms with Crippen molar-refractivity contribution in [2.75, 3.05) is 13.1 Å². The standard InChI is InChI=1S/C14H20ClFN2/c1-10(17)11-4-6-18(7-5-11)9-12-2-3-13(16)8-14(12)15/h2-3,8,10-11H,4-7,9,17H2,1H3. The molecule has 2 rings (SSSR count). The van der Waals surface area contributed by atoms with Crippen LogP contribution < -0.4 is 5.73 Å². The fraction of sp³-hybridized carbons (Fsp3) is 0.571. The van der Waals surface area contributed by atoms with Crippen LogP contribution in [-0.2, 0) is 6.54 Å². The molecule has 1 aromatic rings. The predicted octanol–water partition coefficient (Wildman–Crippen LogP) is 3.04. The maximum absolute atomic E-state index is 13.0. The van der Waals surface area contributed by atoms with E-state index in [1.807, 2.05) is 0 Å². The van der Waals surface area contributed by atoms with Gasteiger partial charge in [-0.15, -0.1) is 0 Å². The van der Waals surface area contributed by atoms with E-state index < -0.39 is 0 Å². The molecule has 0 aromatic heterocycles. The van der Waals surface area contributed by atoms with E-state index in [1.165, 1.54) is 12.1 Å². The summed E-state index contributed by atoms with van der Waals surface area (Å²) >= 11 is 6.04. The summed E-state index contributed by atoms with van der Waals surface area (Å²) in [4.78, 5) is 2.36. The van der Waals surface area contributed by atoms with Crippen molar-refractivity contribution in [2.45, 2.75) is 32.4 Å². The van der Waals surface area contributed by atoms with Crippen molar-refractivity contribution in [3.8, 4) is 0 Å². The lowest BCUT2D eigenvalue weighted by atomic mass is 9.91. The van der Waals surface area contributed by atoms with Gasteiger partial charge in [0.2, 0.25) is 0 Å². The van der Waals surface area contributed by atoms with Crippen molar-refractivity contribution in [2.24, 2.45) is 11.7 Å². The quantitative estimate of drug-likeness (QED) is 0.915. The Morgan fingerprint density at radius 1 is 1.44 bits per heavy atom. The van der Waals surface area contributed by atoms with Gasteiger partial charge in [0.25, 0.3) is 0 Å². The summed E-state index contributed by atoms with van der Waals surface area (Å²) < 4.78 is 13.0. The van der Waals surface area contributed by atoms with Gasteiger partial charge >= 0.3 is 0 Å². The van der Waals surface area contributed by atoms with E-state index in [0.717, 1.165) is 38.0 Å². The molecule has 0 radical (unpaired) electrons. The number of hydrogen-bond donors (Lipinski definition) is 1. The van der Waals surface area contributed by atoms with Gasteiger partial charge in [-0.25, -0.2) is 4.39 Å². The van der Waals surface area contributed by atoms with E-state index in [-0.39, 0.29) is 11.9 Å². The first kappa shape index (κ1) is 13.8. The van der Waals surface area contributed by atoms with E-state index in [0.29, 0.717) is 10.9 Å². The van der Waals surface area contributed by atoms with Crippen molar-refractivity contribution < 1.29 is 4.39 Å². The highest BCUT2D eigenvalue weighted by molar-refractivity contribution is 6.31. The molecule has 1 saturated heterocycles. The fourth-order valence-electron chi connectivity index (χ4n) is 2.53. The summed E-state index contributed by atoms with van der Waals surface area (Å²) in [5.41, 5.74) is 6.92. The Morgan fingerprint density at radius 2 is 2.11 bits per heavy atom. The lowest BCUT2D eigenvalue weighted by Crippen LogP contribution is -2.39. The molecule has 2 nitrogen and oxygen atoms in total. The van der Waals surface area contributed by atoms with Crippen LogP contribution >= 0.6 is 11.6 Å². The number of hydrogen-bond acceptors (Lipinski definition) is 2. The Kier molecular flexibility index (Phi) is 4.60. The molecule has 100 valence electrons. The highest BCUT2D eigenvalue weighted by Crippen LogP contribution is 2.24. The van der Waals surface area contributed by atoms with Gasteiger partial charge in [-0.1, -0.05) is 17.7 Å². The van der Waals surface area contributed by atoms with E-state index in [1.54, 1.807) is 6.07 Å². The third kappa shape index (κ3) is 3.44. The summed E-state index contributed by atoms with van der Waals surface area (Å²) in [6.45, 7) is 4.96. The number of likely N-dealkylation sites (tertiary alicyclic amines) is 1. The molecule has 0 amide bonds. The van der Waals surface area contributed by atoms with Crippen LogP contribution in [0.1, 0.15) is 25.3 Å². The number of halogens is 2. The molecular weight excluding hydrogens is 251 g/mol. The lowest BCUT2D eigenvalue weighted by molar-refractivity contribution is 0.166. The minimum absolute atomic E-state index is 0.278. The van der Waals surface area contributed by atoms with Crippen molar-refractivity contribution in [1.29, 1.82) is 0 Å². The molecule has 1 atom stereocenters. The topological polar surface area (TPSA) is 29.3 Å². The monoisotopic (exact) mass is 270 g/mol. The Balaban J connectivity index is 1.91. The van der Waals surface area contributed by atoms with Gasteiger partial charge in [0, 0.05) is 17.6 Å². The van der Waals surface area contributed by atoms with Crippen LogP contribution in [0.5, 0.6) is 0 Å². The highest BCUT2D eigenvalue weighted by atomic mass is 35.5. The van der Waals surface area contributed by atoms with E-state index in [4.69, 9.17) is 17.3 Å². The molecular formula is C14H20ClFN2. The summed E-state index contributed by atoms with van der Waals surface area (Å²) in [6.07, 6.45) is 2.27. The van der Waals surface area contributed by atoms with Crippen LogP contribution in [0.15, 0.2) is 18.2 Å². The van der Waals surface area contributed by atoms with Crippen LogP contribution in [0.2, 0.25) is 5.02 Å². The van der Waals surface area contributed by atoms with Crippen LogP contribution in [0.4, 0.5) is 4.39 Å². The van der Waals surface area contributed by atoms with Gasteiger partial charge in [-0.2, -0.15) is 0 Å². The average Bonchev–Trinajstić information content (AvgIpc) is 2.33. The summed E-state index contributed by atoms with van der Waals surface area (Å²) in [6, 6.07) is 4.90. The maximum atomic E-state index is 13.0. The van der Waals surface area contributed by atoms with E-state index in [2.05, 4.69) is 11.8 Å². The molecule has 0 bridgehead atoms. The smallest absolute Gasteiger partial charge is 0.124 e. The van der Waals surface area contributed by atoms with Gasteiger partial charge in [-0.05, 0) is 56.5 Å². The van der Waals surface area contributed by atoms with Gasteiger partial charge in [0.1, 0.15) is 5.82 Å². The van der Waals surface area contributed by atoms with Crippen molar-refractivity contribution in [1.82, 2.24) is 4.90 Å². The van der Waals surface area contributed by atoms with Crippen molar-refractivity contribution in [3.63, 3.8) is 0 Å². The normalized spacial score (nSPS) is 20.0. The van der Waals surface area contributed by atoms with Crippen molar-refractivity contribution in [3.05, 3.63) is 34.6 Å². The van der Waals surface area contributed by atoms with Crippen molar-refractivity contribution >= 4 is 11.6 Å². The Hall–Kier alpha value is -0.640. The van der Waals surface area contributed by atoms with Crippen LogP contribution in [0.3, 0.4) is 0 Å². The fourth-order valence-corrected chi connectivity index (χ4v) is 2.75. The first-order valence-electron chi connectivity index (χ1n) is 6.48. The molecule has 2 N–H and O–H groups in total. The zero-order valence-electron chi connectivity index (χ0n) is 10.7. The van der Waals surface area contributed by atoms with Crippen LogP contribution in [0, 0.1) is 11.7 Å². The molecule has 18 heavy (non-hydrogen) atoms. The van der Waals surface area contributed by atoms with Gasteiger partial charge in [0.15, 0.2) is 0 Å². The molecule has 1 heterocycles. The van der Waals surface area contributed by atoms with Gasteiger partial charge in [-0.3, -0.25) is 4.90 Å². The zero-order chi connectivity index (χ0) is 13.1. The first-order valence-corrected chi connectivity index (χ1v) is 6.86. The Morgan fingerprint density at radius 3 is 2.67 bits per heavy atom. The largest absolute Gasteiger partial charge is 0.328 e. The molecule has 0 saturated carbocycles. The summed E-state index contributed by atoms with van der Waals surface area (Å²) in [7, 11) is 0. The number of rotatable bonds is 3. The molecule has 1 aromatic carbocycles. The summed E-state index contributed by atoms with van der Waals surface area (Å²) in [5.74, 6) is 0.351. The third-order valence-corrected chi connectivity index (χ3v) is 4.14. The molecule has 0 spiro atoms. The second-order valence-corrected chi connectivity index (χ2v) is 5.62. The molecule has 1 fully saturated rings. The Labute approximate surface area is 113 Å². The Bertz CT molecular complexity index is 401. The zero-order valence-corrected chi connectivity index (χ0v) is 11.5. The maximum Gasteiger partial charge on any atom is 0.124 e. The molecule has 1 aliphatic rings. The first-order chi connectivity index (χ1) is 8.56. The van der Waals surface area contributed by atoms with Crippen LogP contribution in [0.25, 0.3) is 0 Å². The number of benzene rings is 1. The van der Waals surface area contributed by atoms with E-state index in [9.17, 15) is 4.39 Å². The number of nitrogens with two attached hydrogens (primary N) is 1. The van der Waals surface area contributed by atoms with Crippen LogP contribution in [-0.4, -0.2) is 24.0 Å². The number of piperidine rings is 1. The number of nitrogens with zero attached hydrogens (tertiary/aromatic N) is 1. The predicted molar refractivity (Wildman–Crippen MR) is 73.1 cm³/mol. The second-order valence-electron chi connectivity index (χ2n) is 5.21. The second kappa shape index (κ2) is 6.00. The van der Waals surface area contributed by atoms with Gasteiger partial charge in [0.05, 0.1) is 0 Å². The lowest BCUT2D eigenvalue weighted by Gasteiger charge is -2.33. The van der Waals surface area contributed by atoms with Gasteiger partial charge < -0.3 is 5.73 Å². The summed E-state index contributed by atoms with van der Waals surface area (Å²) in [5, 5.41) is 0.518. The van der Waals surface area contributed by atoms with E-state index >= 15 is 0 Å². The minimum atomic E-state index is -0.278. The molecule has 1 aliphatic heterocycles. The molecule has 0 aliphatic carbocycles. The highest BCUT2D eigenvalue weighted by Gasteiger charge is 2.22. The third-order valence-electron chi connectivity index (χ3n) is 3.78.